The number of carbonyl (C=O) groups is 1. The predicted octanol–water partition coefficient (Wildman–Crippen LogP) is 4.21. The first kappa shape index (κ1) is 13.2. The molecule has 1 amide bonds. The van der Waals surface area contributed by atoms with Crippen LogP contribution in [-0.4, -0.2) is 10.9 Å². The van der Waals surface area contributed by atoms with Crippen LogP contribution in [0.2, 0.25) is 10.0 Å². The van der Waals surface area contributed by atoms with Gasteiger partial charge in [-0.25, -0.2) is 4.98 Å². The molecule has 3 rings (SSSR count). The Hall–Kier alpha value is -1.84. The number of pyridine rings is 1. The Morgan fingerprint density at radius 3 is 2.80 bits per heavy atom. The number of aromatic nitrogens is 1. The van der Waals surface area contributed by atoms with E-state index in [0.717, 1.165) is 17.7 Å². The van der Waals surface area contributed by atoms with Crippen molar-refractivity contribution in [2.45, 2.75) is 6.42 Å². The number of rotatable bonds is 2. The average Bonchev–Trinajstić information content (AvgIpc) is 2.89. The number of carbonyl (C=O) groups excluding carboxylic acids is 1. The van der Waals surface area contributed by atoms with E-state index >= 15 is 0 Å². The topological polar surface area (TPSA) is 42.0 Å². The molecule has 0 bridgehead atoms. The van der Waals surface area contributed by atoms with Gasteiger partial charge in [-0.2, -0.15) is 0 Å². The maximum atomic E-state index is 12.1. The van der Waals surface area contributed by atoms with Gasteiger partial charge in [0.25, 0.3) is 5.91 Å². The molecule has 1 heterocycles. The van der Waals surface area contributed by atoms with Crippen LogP contribution in [0.15, 0.2) is 36.4 Å². The maximum absolute atomic E-state index is 12.1. The van der Waals surface area contributed by atoms with Gasteiger partial charge in [-0.1, -0.05) is 35.3 Å². The highest BCUT2D eigenvalue weighted by Gasteiger charge is 2.11. The van der Waals surface area contributed by atoms with E-state index in [1.165, 1.54) is 6.07 Å². The van der Waals surface area contributed by atoms with Crippen LogP contribution in [0.25, 0.3) is 6.08 Å². The molecule has 1 aromatic heterocycles. The van der Waals surface area contributed by atoms with Gasteiger partial charge in [0, 0.05) is 5.56 Å². The minimum Gasteiger partial charge on any atom is -0.307 e. The summed E-state index contributed by atoms with van der Waals surface area (Å²) in [6.07, 6.45) is 4.88. The van der Waals surface area contributed by atoms with Gasteiger partial charge < -0.3 is 5.32 Å². The van der Waals surface area contributed by atoms with Gasteiger partial charge in [-0.15, -0.1) is 0 Å². The summed E-state index contributed by atoms with van der Waals surface area (Å²) in [5, 5.41) is 3.52. The third-order valence-corrected chi connectivity index (χ3v) is 3.79. The minimum atomic E-state index is -0.266. The Morgan fingerprint density at radius 1 is 1.15 bits per heavy atom. The summed E-state index contributed by atoms with van der Waals surface area (Å²) in [6, 6.07) is 8.51. The Kier molecular flexibility index (Phi) is 3.47. The third-order valence-electron chi connectivity index (χ3n) is 3.05. The minimum absolute atomic E-state index is 0.266. The largest absolute Gasteiger partial charge is 0.307 e. The number of nitrogens with one attached hydrogen (secondary N) is 1. The molecule has 0 atom stereocenters. The molecule has 1 N–H and O–H groups in total. The number of nitrogens with zero attached hydrogens (tertiary/aromatic N) is 1. The molecule has 1 aliphatic rings. The molecule has 5 heteroatoms. The molecule has 100 valence electrons. The molecule has 0 aliphatic heterocycles. The molecule has 3 nitrogen and oxygen atoms in total. The van der Waals surface area contributed by atoms with Gasteiger partial charge >= 0.3 is 0 Å². The molecule has 0 spiro atoms. The summed E-state index contributed by atoms with van der Waals surface area (Å²) < 4.78 is 0. The monoisotopic (exact) mass is 304 g/mol. The van der Waals surface area contributed by atoms with Crippen LogP contribution in [-0.2, 0) is 6.42 Å². The van der Waals surface area contributed by atoms with E-state index < -0.39 is 0 Å². The van der Waals surface area contributed by atoms with Crippen LogP contribution in [0.3, 0.4) is 0 Å². The van der Waals surface area contributed by atoms with Crippen molar-refractivity contribution >= 4 is 41.0 Å². The molecule has 1 aromatic carbocycles. The van der Waals surface area contributed by atoms with Gasteiger partial charge in [0.15, 0.2) is 0 Å². The first-order valence-corrected chi connectivity index (χ1v) is 6.82. The van der Waals surface area contributed by atoms with E-state index in [9.17, 15) is 4.79 Å². The van der Waals surface area contributed by atoms with E-state index in [4.69, 9.17) is 23.2 Å². The number of anilines is 1. The van der Waals surface area contributed by atoms with E-state index in [0.29, 0.717) is 21.4 Å². The molecule has 1 aliphatic carbocycles. The van der Waals surface area contributed by atoms with Crippen molar-refractivity contribution in [2.24, 2.45) is 0 Å². The lowest BCUT2D eigenvalue weighted by Crippen LogP contribution is -2.13. The van der Waals surface area contributed by atoms with E-state index in [-0.39, 0.29) is 5.91 Å². The number of hydrogen-bond acceptors (Lipinski definition) is 2. The molecular weight excluding hydrogens is 295 g/mol. The molecule has 0 fully saturated rings. The third kappa shape index (κ3) is 2.55. The number of hydrogen-bond donors (Lipinski definition) is 1. The zero-order chi connectivity index (χ0) is 14.1. The van der Waals surface area contributed by atoms with E-state index in [1.54, 1.807) is 18.2 Å². The normalized spacial score (nSPS) is 12.3. The van der Waals surface area contributed by atoms with Gasteiger partial charge in [0.05, 0.1) is 15.7 Å². The van der Waals surface area contributed by atoms with Crippen molar-refractivity contribution in [1.29, 1.82) is 0 Å². The smallest absolute Gasteiger partial charge is 0.256 e. The highest BCUT2D eigenvalue weighted by atomic mass is 35.5. The summed E-state index contributed by atoms with van der Waals surface area (Å²) in [4.78, 5) is 16.5. The summed E-state index contributed by atoms with van der Waals surface area (Å²) in [6.45, 7) is 0. The lowest BCUT2D eigenvalue weighted by molar-refractivity contribution is 0.102. The molecule has 20 heavy (non-hydrogen) atoms. The van der Waals surface area contributed by atoms with Gasteiger partial charge in [0.2, 0.25) is 0 Å². The van der Waals surface area contributed by atoms with Crippen molar-refractivity contribution < 1.29 is 4.79 Å². The second-order valence-electron chi connectivity index (χ2n) is 4.43. The highest BCUT2D eigenvalue weighted by Crippen LogP contribution is 2.23. The van der Waals surface area contributed by atoms with Gasteiger partial charge in [-0.3, -0.25) is 4.79 Å². The zero-order valence-corrected chi connectivity index (χ0v) is 11.9. The predicted molar refractivity (Wildman–Crippen MR) is 81.4 cm³/mol. The summed E-state index contributed by atoms with van der Waals surface area (Å²) >= 11 is 11.7. The molecule has 0 saturated heterocycles. The Labute approximate surface area is 126 Å². The summed E-state index contributed by atoms with van der Waals surface area (Å²) in [5.74, 6) is 0.254. The van der Waals surface area contributed by atoms with Crippen molar-refractivity contribution in [1.82, 2.24) is 4.98 Å². The molecule has 0 radical (unpaired) electrons. The molecule has 0 saturated carbocycles. The quantitative estimate of drug-likeness (QED) is 0.903. The van der Waals surface area contributed by atoms with Crippen LogP contribution in [0.4, 0.5) is 5.82 Å². The first-order valence-electron chi connectivity index (χ1n) is 6.06. The summed E-state index contributed by atoms with van der Waals surface area (Å²) in [7, 11) is 0. The van der Waals surface area contributed by atoms with Crippen LogP contribution >= 0.6 is 23.2 Å². The number of fused-ring (bicyclic) bond motifs is 1. The van der Waals surface area contributed by atoms with Crippen molar-refractivity contribution in [3.63, 3.8) is 0 Å². The number of allylic oxidation sites excluding steroid dienone is 1. The van der Waals surface area contributed by atoms with Crippen molar-refractivity contribution in [3.05, 3.63) is 63.3 Å². The molecule has 0 unspecified atom stereocenters. The lowest BCUT2D eigenvalue weighted by atomic mass is 10.2. The SMILES string of the molecule is O=C(Nc1ccc2c(n1)C=CC2)c1ccc(Cl)c(Cl)c1. The zero-order valence-electron chi connectivity index (χ0n) is 10.4. The summed E-state index contributed by atoms with van der Waals surface area (Å²) in [5.41, 5.74) is 2.51. The van der Waals surface area contributed by atoms with Gasteiger partial charge in [0.1, 0.15) is 5.82 Å². The fraction of sp³-hybridized carbons (Fsp3) is 0.0667. The standard InChI is InChI=1S/C15H10Cl2N2O/c16-11-6-4-10(8-12(11)17)15(20)19-14-7-5-9-2-1-3-13(9)18-14/h1,3-8H,2H2,(H,18,19,20). The van der Waals surface area contributed by atoms with Crippen molar-refractivity contribution in [2.75, 3.05) is 5.32 Å². The van der Waals surface area contributed by atoms with Gasteiger partial charge in [-0.05, 0) is 42.3 Å². The second-order valence-corrected chi connectivity index (χ2v) is 5.24. The van der Waals surface area contributed by atoms with Crippen LogP contribution in [0.5, 0.6) is 0 Å². The second kappa shape index (κ2) is 5.27. The van der Waals surface area contributed by atoms with E-state index in [1.807, 2.05) is 18.2 Å². The molecular formula is C15H10Cl2N2O. The number of benzene rings is 1. The van der Waals surface area contributed by atoms with Crippen LogP contribution in [0.1, 0.15) is 21.6 Å². The maximum Gasteiger partial charge on any atom is 0.256 e. The van der Waals surface area contributed by atoms with Crippen LogP contribution in [0, 0.1) is 0 Å². The van der Waals surface area contributed by atoms with E-state index in [2.05, 4.69) is 10.3 Å². The molecule has 2 aromatic rings. The lowest BCUT2D eigenvalue weighted by Gasteiger charge is -2.07. The fourth-order valence-electron chi connectivity index (χ4n) is 2.01. The van der Waals surface area contributed by atoms with Crippen LogP contribution < -0.4 is 5.32 Å². The highest BCUT2D eigenvalue weighted by molar-refractivity contribution is 6.42. The Morgan fingerprint density at radius 2 is 2.00 bits per heavy atom. The number of amides is 1. The average molecular weight is 305 g/mol. The van der Waals surface area contributed by atoms with Crippen molar-refractivity contribution in [3.8, 4) is 0 Å². The Balaban J connectivity index is 1.82. The Bertz CT molecular complexity index is 726. The fourth-order valence-corrected chi connectivity index (χ4v) is 2.31. The first-order chi connectivity index (χ1) is 9.63. The number of halogens is 2.